The van der Waals surface area contributed by atoms with Gasteiger partial charge in [-0.1, -0.05) is 0 Å². The second kappa shape index (κ2) is 4.96. The Kier molecular flexibility index (Phi) is 3.31. The molecule has 2 N–H and O–H groups in total. The summed E-state index contributed by atoms with van der Waals surface area (Å²) < 4.78 is 5.88. The van der Waals surface area contributed by atoms with Gasteiger partial charge in [0.25, 0.3) is 0 Å². The van der Waals surface area contributed by atoms with Crippen LogP contribution in [0.25, 0.3) is 0 Å². The predicted molar refractivity (Wildman–Crippen MR) is 75.6 cm³/mol. The number of hydrogen-bond donors (Lipinski definition) is 2. The van der Waals surface area contributed by atoms with Crippen molar-refractivity contribution in [3.8, 4) is 0 Å². The van der Waals surface area contributed by atoms with Crippen LogP contribution in [-0.4, -0.2) is 34.8 Å². The van der Waals surface area contributed by atoms with E-state index < -0.39 is 0 Å². The van der Waals surface area contributed by atoms with Gasteiger partial charge in [0.1, 0.15) is 17.5 Å². The van der Waals surface area contributed by atoms with Crippen LogP contribution in [0.2, 0.25) is 0 Å². The number of aromatic nitrogens is 2. The maximum atomic E-state index is 5.88. The number of nitrogens with one attached hydrogen (secondary N) is 2. The molecule has 0 aromatic carbocycles. The van der Waals surface area contributed by atoms with Gasteiger partial charge in [0, 0.05) is 12.1 Å². The fraction of sp³-hybridized carbons (Fsp3) is 0.714. The summed E-state index contributed by atoms with van der Waals surface area (Å²) >= 11 is 0. The summed E-state index contributed by atoms with van der Waals surface area (Å²) in [5, 5.41) is 6.86. The molecule has 3 unspecified atom stereocenters. The molecule has 0 aliphatic carbocycles. The van der Waals surface area contributed by atoms with Gasteiger partial charge < -0.3 is 15.4 Å². The quantitative estimate of drug-likeness (QED) is 0.871. The Balaban J connectivity index is 1.80. The van der Waals surface area contributed by atoms with E-state index in [2.05, 4.69) is 34.4 Å². The first-order valence-electron chi connectivity index (χ1n) is 7.18. The van der Waals surface area contributed by atoms with Crippen molar-refractivity contribution in [1.29, 1.82) is 0 Å². The average Bonchev–Trinajstić information content (AvgIpc) is 2.97. The molecule has 2 aliphatic rings. The molecule has 104 valence electrons. The molecule has 2 aliphatic heterocycles. The van der Waals surface area contributed by atoms with Crippen LogP contribution in [0.15, 0.2) is 0 Å². The molecule has 1 aromatic heterocycles. The molecule has 2 saturated heterocycles. The summed E-state index contributed by atoms with van der Waals surface area (Å²) in [6.07, 6.45) is 4.31. The lowest BCUT2D eigenvalue weighted by molar-refractivity contribution is 0.102. The summed E-state index contributed by atoms with van der Waals surface area (Å²) in [5.74, 6) is 2.68. The van der Waals surface area contributed by atoms with Crippen LogP contribution in [0.3, 0.4) is 0 Å². The Morgan fingerprint density at radius 2 is 2.00 bits per heavy atom. The third kappa shape index (κ3) is 2.39. The van der Waals surface area contributed by atoms with Gasteiger partial charge >= 0.3 is 0 Å². The number of rotatable bonds is 4. The van der Waals surface area contributed by atoms with Gasteiger partial charge in [0.05, 0.1) is 18.2 Å². The smallest absolute Gasteiger partial charge is 0.135 e. The van der Waals surface area contributed by atoms with Gasteiger partial charge in [0.2, 0.25) is 0 Å². The molecule has 5 nitrogen and oxygen atoms in total. The Hall–Kier alpha value is -1.36. The van der Waals surface area contributed by atoms with E-state index in [1.54, 1.807) is 0 Å². The molecule has 3 rings (SSSR count). The zero-order chi connectivity index (χ0) is 13.4. The minimum Gasteiger partial charge on any atom is -0.373 e. The summed E-state index contributed by atoms with van der Waals surface area (Å²) in [6, 6.07) is 0.404. The summed E-state index contributed by atoms with van der Waals surface area (Å²) in [5.41, 5.74) is 1.09. The van der Waals surface area contributed by atoms with E-state index in [1.165, 1.54) is 12.8 Å². The van der Waals surface area contributed by atoms with E-state index in [0.717, 1.165) is 36.0 Å². The number of nitrogens with zero attached hydrogens (tertiary/aromatic N) is 2. The second-order valence-corrected chi connectivity index (χ2v) is 5.48. The molecule has 3 atom stereocenters. The van der Waals surface area contributed by atoms with Crippen molar-refractivity contribution in [3.63, 3.8) is 0 Å². The maximum Gasteiger partial charge on any atom is 0.135 e. The monoisotopic (exact) mass is 262 g/mol. The molecule has 3 heterocycles. The number of ether oxygens (including phenoxy) is 1. The second-order valence-electron chi connectivity index (χ2n) is 5.48. The van der Waals surface area contributed by atoms with Gasteiger partial charge in [-0.25, -0.2) is 9.97 Å². The molecule has 1 aromatic rings. The molecule has 0 spiro atoms. The van der Waals surface area contributed by atoms with Gasteiger partial charge in [-0.15, -0.1) is 0 Å². The lowest BCUT2D eigenvalue weighted by Crippen LogP contribution is -2.31. The molecule has 5 heteroatoms. The normalized spacial score (nSPS) is 28.7. The summed E-state index contributed by atoms with van der Waals surface area (Å²) in [6.45, 7) is 6.94. The van der Waals surface area contributed by atoms with Crippen molar-refractivity contribution in [1.82, 2.24) is 9.97 Å². The molecular formula is C14H22N4O. The highest BCUT2D eigenvalue weighted by atomic mass is 16.5. The van der Waals surface area contributed by atoms with E-state index in [0.29, 0.717) is 18.2 Å². The highest BCUT2D eigenvalue weighted by molar-refractivity contribution is 5.57. The fourth-order valence-corrected chi connectivity index (χ4v) is 3.07. The van der Waals surface area contributed by atoms with Crippen molar-refractivity contribution < 1.29 is 4.74 Å². The van der Waals surface area contributed by atoms with Crippen LogP contribution < -0.4 is 10.6 Å². The molecule has 0 saturated carbocycles. The Bertz CT molecular complexity index is 477. The minimum absolute atomic E-state index is 0.363. The SMILES string of the molecule is CCNc1nc(C)nc(NC2CC3CCC2O3)c1C. The largest absolute Gasteiger partial charge is 0.373 e. The van der Waals surface area contributed by atoms with Gasteiger partial charge in [-0.3, -0.25) is 0 Å². The summed E-state index contributed by atoms with van der Waals surface area (Å²) in [4.78, 5) is 9.00. The minimum atomic E-state index is 0.363. The lowest BCUT2D eigenvalue weighted by atomic mass is 9.95. The fourth-order valence-electron chi connectivity index (χ4n) is 3.07. The highest BCUT2D eigenvalue weighted by Gasteiger charge is 2.41. The zero-order valence-electron chi connectivity index (χ0n) is 11.9. The van der Waals surface area contributed by atoms with Crippen LogP contribution in [-0.2, 0) is 4.74 Å². The Morgan fingerprint density at radius 3 is 2.63 bits per heavy atom. The standard InChI is InChI=1S/C14H22N4O/c1-4-15-13-8(2)14(17-9(3)16-13)18-11-7-10-5-6-12(11)19-10/h10-12H,4-7H2,1-3H3,(H2,15,16,17,18). The molecule has 0 radical (unpaired) electrons. The van der Waals surface area contributed by atoms with Crippen molar-refractivity contribution in [2.45, 2.75) is 58.3 Å². The van der Waals surface area contributed by atoms with Crippen molar-refractivity contribution in [2.75, 3.05) is 17.2 Å². The average molecular weight is 262 g/mol. The van der Waals surface area contributed by atoms with Crippen LogP contribution in [0.5, 0.6) is 0 Å². The lowest BCUT2D eigenvalue weighted by Gasteiger charge is -2.22. The molecular weight excluding hydrogens is 240 g/mol. The molecule has 2 bridgehead atoms. The molecule has 2 fully saturated rings. The number of fused-ring (bicyclic) bond motifs is 2. The van der Waals surface area contributed by atoms with Crippen LogP contribution in [0.4, 0.5) is 11.6 Å². The van der Waals surface area contributed by atoms with E-state index in [9.17, 15) is 0 Å². The Labute approximate surface area is 114 Å². The van der Waals surface area contributed by atoms with Crippen LogP contribution >= 0.6 is 0 Å². The molecule has 0 amide bonds. The van der Waals surface area contributed by atoms with Crippen molar-refractivity contribution in [2.24, 2.45) is 0 Å². The zero-order valence-corrected chi connectivity index (χ0v) is 11.9. The number of anilines is 2. The van der Waals surface area contributed by atoms with Crippen molar-refractivity contribution >= 4 is 11.6 Å². The highest BCUT2D eigenvalue weighted by Crippen LogP contribution is 2.36. The first kappa shape index (κ1) is 12.7. The third-order valence-electron chi connectivity index (χ3n) is 4.03. The van der Waals surface area contributed by atoms with E-state index in [1.807, 2.05) is 6.92 Å². The predicted octanol–water partition coefficient (Wildman–Crippen LogP) is 2.26. The van der Waals surface area contributed by atoms with Crippen LogP contribution in [0, 0.1) is 13.8 Å². The van der Waals surface area contributed by atoms with Gasteiger partial charge in [-0.05, 0) is 40.0 Å². The van der Waals surface area contributed by atoms with Gasteiger partial charge in [-0.2, -0.15) is 0 Å². The molecule has 19 heavy (non-hydrogen) atoms. The van der Waals surface area contributed by atoms with E-state index >= 15 is 0 Å². The van der Waals surface area contributed by atoms with Crippen molar-refractivity contribution in [3.05, 3.63) is 11.4 Å². The van der Waals surface area contributed by atoms with E-state index in [4.69, 9.17) is 4.74 Å². The summed E-state index contributed by atoms with van der Waals surface area (Å²) in [7, 11) is 0. The Morgan fingerprint density at radius 1 is 1.21 bits per heavy atom. The van der Waals surface area contributed by atoms with Crippen LogP contribution in [0.1, 0.15) is 37.6 Å². The number of hydrogen-bond acceptors (Lipinski definition) is 5. The van der Waals surface area contributed by atoms with E-state index in [-0.39, 0.29) is 0 Å². The van der Waals surface area contributed by atoms with Gasteiger partial charge in [0.15, 0.2) is 0 Å². The first-order chi connectivity index (χ1) is 9.17. The topological polar surface area (TPSA) is 59.1 Å². The third-order valence-corrected chi connectivity index (χ3v) is 4.03. The first-order valence-corrected chi connectivity index (χ1v) is 7.18. The number of aryl methyl sites for hydroxylation is 1. The maximum absolute atomic E-state index is 5.88.